The summed E-state index contributed by atoms with van der Waals surface area (Å²) in [5.74, 6) is -0.316. The lowest BCUT2D eigenvalue weighted by molar-refractivity contribution is 0.0950. The smallest absolute Gasteiger partial charge is 0.251 e. The Balaban J connectivity index is 1.73. The molecule has 0 unspecified atom stereocenters. The highest BCUT2D eigenvalue weighted by molar-refractivity contribution is 7.89. The fourth-order valence-corrected chi connectivity index (χ4v) is 4.38. The highest BCUT2D eigenvalue weighted by Crippen LogP contribution is 2.18. The summed E-state index contributed by atoms with van der Waals surface area (Å²) >= 11 is 0. The summed E-state index contributed by atoms with van der Waals surface area (Å²) in [4.78, 5) is 12.5. The number of aromatic nitrogens is 2. The van der Waals surface area contributed by atoms with E-state index >= 15 is 0 Å². The molecule has 0 aliphatic carbocycles. The summed E-state index contributed by atoms with van der Waals surface area (Å²) in [6.07, 6.45) is 4.26. The molecule has 2 heterocycles. The molecule has 0 bridgehead atoms. The minimum atomic E-state index is -3.61. The average Bonchev–Trinajstić information content (AvgIpc) is 2.87. The minimum Gasteiger partial charge on any atom is -0.348 e. The number of aryl methyl sites for hydroxylation is 1. The third kappa shape index (κ3) is 4.29. The number of rotatable bonds is 5. The van der Waals surface area contributed by atoms with Gasteiger partial charge < -0.3 is 10.6 Å². The Bertz CT molecular complexity index is 870. The van der Waals surface area contributed by atoms with Crippen LogP contribution in [0.25, 0.3) is 0 Å². The summed E-state index contributed by atoms with van der Waals surface area (Å²) in [6.45, 7) is 2.68. The van der Waals surface area contributed by atoms with Gasteiger partial charge >= 0.3 is 0 Å². The molecule has 0 saturated carbocycles. The van der Waals surface area contributed by atoms with Crippen molar-refractivity contribution < 1.29 is 13.2 Å². The number of hydrogen-bond donors (Lipinski definition) is 2. The van der Waals surface area contributed by atoms with Crippen LogP contribution in [0.15, 0.2) is 41.6 Å². The number of amides is 1. The topological polar surface area (TPSA) is 96.3 Å². The maximum Gasteiger partial charge on any atom is 0.251 e. The van der Waals surface area contributed by atoms with Gasteiger partial charge in [-0.25, -0.2) is 8.42 Å². The first-order valence-corrected chi connectivity index (χ1v) is 9.97. The molecular formula is C17H23N5O3S. The third-order valence-corrected chi connectivity index (χ3v) is 6.14. The second kappa shape index (κ2) is 7.98. The summed E-state index contributed by atoms with van der Waals surface area (Å²) in [6, 6.07) is 6.18. The molecule has 0 radical (unpaired) electrons. The molecule has 140 valence electrons. The molecule has 1 aromatic heterocycles. The van der Waals surface area contributed by atoms with Gasteiger partial charge in [0.15, 0.2) is 0 Å². The van der Waals surface area contributed by atoms with E-state index in [0.29, 0.717) is 31.7 Å². The molecule has 2 N–H and O–H groups in total. The molecule has 0 atom stereocenters. The zero-order valence-corrected chi connectivity index (χ0v) is 15.5. The van der Waals surface area contributed by atoms with Crippen LogP contribution < -0.4 is 10.6 Å². The van der Waals surface area contributed by atoms with Gasteiger partial charge in [-0.15, -0.1) is 0 Å². The van der Waals surface area contributed by atoms with Crippen molar-refractivity contribution >= 4 is 15.9 Å². The Morgan fingerprint density at radius 1 is 1.31 bits per heavy atom. The van der Waals surface area contributed by atoms with E-state index in [4.69, 9.17) is 0 Å². The van der Waals surface area contributed by atoms with Crippen LogP contribution >= 0.6 is 0 Å². The number of nitrogens with one attached hydrogen (secondary N) is 2. The summed E-state index contributed by atoms with van der Waals surface area (Å²) in [5, 5.41) is 10.0. The molecule has 9 heteroatoms. The zero-order valence-electron chi connectivity index (χ0n) is 14.7. The second-order valence-corrected chi connectivity index (χ2v) is 8.18. The molecule has 1 fully saturated rings. The molecule has 26 heavy (non-hydrogen) atoms. The van der Waals surface area contributed by atoms with Gasteiger partial charge in [-0.2, -0.15) is 9.40 Å². The maximum atomic E-state index is 12.9. The van der Waals surface area contributed by atoms with E-state index in [0.717, 1.165) is 18.5 Å². The van der Waals surface area contributed by atoms with Crippen LogP contribution in [0.5, 0.6) is 0 Å². The number of carbonyl (C=O) groups is 1. The predicted octanol–water partition coefficient (Wildman–Crippen LogP) is 0.334. The number of sulfonamides is 1. The van der Waals surface area contributed by atoms with Crippen LogP contribution in [-0.2, 0) is 23.6 Å². The van der Waals surface area contributed by atoms with Crippen LogP contribution in [-0.4, -0.2) is 54.6 Å². The summed E-state index contributed by atoms with van der Waals surface area (Å²) < 4.78 is 28.8. The van der Waals surface area contributed by atoms with Crippen LogP contribution in [0.3, 0.4) is 0 Å². The van der Waals surface area contributed by atoms with Crippen molar-refractivity contribution in [1.82, 2.24) is 24.7 Å². The molecule has 1 saturated heterocycles. The van der Waals surface area contributed by atoms with E-state index in [1.54, 1.807) is 30.1 Å². The van der Waals surface area contributed by atoms with Crippen LogP contribution in [0.2, 0.25) is 0 Å². The van der Waals surface area contributed by atoms with E-state index in [2.05, 4.69) is 15.7 Å². The molecular weight excluding hydrogens is 354 g/mol. The first-order chi connectivity index (χ1) is 12.5. The Morgan fingerprint density at radius 2 is 2.15 bits per heavy atom. The lowest BCUT2D eigenvalue weighted by Crippen LogP contribution is -2.34. The molecule has 0 spiro atoms. The Hall–Kier alpha value is -2.23. The highest BCUT2D eigenvalue weighted by atomic mass is 32.2. The van der Waals surface area contributed by atoms with Crippen molar-refractivity contribution in [2.75, 3.05) is 26.2 Å². The van der Waals surface area contributed by atoms with Crippen molar-refractivity contribution in [1.29, 1.82) is 0 Å². The molecule has 2 aromatic rings. The fourth-order valence-electron chi connectivity index (χ4n) is 2.86. The predicted molar refractivity (Wildman–Crippen MR) is 97.1 cm³/mol. The monoisotopic (exact) mass is 377 g/mol. The zero-order chi connectivity index (χ0) is 18.6. The van der Waals surface area contributed by atoms with Gasteiger partial charge in [0.05, 0.1) is 11.1 Å². The number of benzene rings is 1. The maximum absolute atomic E-state index is 12.9. The van der Waals surface area contributed by atoms with E-state index in [1.807, 2.05) is 6.20 Å². The van der Waals surface area contributed by atoms with Crippen LogP contribution in [0, 0.1) is 0 Å². The second-order valence-electron chi connectivity index (χ2n) is 6.24. The van der Waals surface area contributed by atoms with Crippen molar-refractivity contribution in [3.05, 3.63) is 47.8 Å². The highest BCUT2D eigenvalue weighted by Gasteiger charge is 2.25. The summed E-state index contributed by atoms with van der Waals surface area (Å²) in [7, 11) is -1.80. The molecule has 1 aliphatic heterocycles. The van der Waals surface area contributed by atoms with Gasteiger partial charge in [0.2, 0.25) is 10.0 Å². The van der Waals surface area contributed by atoms with E-state index in [9.17, 15) is 13.2 Å². The van der Waals surface area contributed by atoms with Crippen molar-refractivity contribution in [3.63, 3.8) is 0 Å². The first-order valence-electron chi connectivity index (χ1n) is 8.53. The SMILES string of the molecule is Cn1cc(CNC(=O)c2cccc(S(=O)(=O)N3CCCNCC3)c2)cn1. The van der Waals surface area contributed by atoms with Crippen LogP contribution in [0.4, 0.5) is 0 Å². The molecule has 1 aromatic carbocycles. The Labute approximate surface area is 153 Å². The van der Waals surface area contributed by atoms with Crippen molar-refractivity contribution in [2.24, 2.45) is 7.05 Å². The van der Waals surface area contributed by atoms with E-state index in [-0.39, 0.29) is 10.8 Å². The Kier molecular flexibility index (Phi) is 5.70. The quantitative estimate of drug-likeness (QED) is 0.783. The van der Waals surface area contributed by atoms with Gasteiger partial charge in [0.25, 0.3) is 5.91 Å². The first kappa shape index (κ1) is 18.6. The van der Waals surface area contributed by atoms with Crippen molar-refractivity contribution in [2.45, 2.75) is 17.9 Å². The normalized spacial score (nSPS) is 16.2. The van der Waals surface area contributed by atoms with Gasteiger partial charge in [-0.1, -0.05) is 6.07 Å². The summed E-state index contributed by atoms with van der Waals surface area (Å²) in [5.41, 5.74) is 1.20. The van der Waals surface area contributed by atoms with Crippen molar-refractivity contribution in [3.8, 4) is 0 Å². The van der Waals surface area contributed by atoms with Crippen LogP contribution in [0.1, 0.15) is 22.3 Å². The molecule has 3 rings (SSSR count). The largest absolute Gasteiger partial charge is 0.348 e. The lowest BCUT2D eigenvalue weighted by atomic mass is 10.2. The standard InChI is InChI=1S/C17H23N5O3S/c1-21-13-14(12-20-21)11-19-17(23)15-4-2-5-16(10-15)26(24,25)22-8-3-6-18-7-9-22/h2,4-5,10,12-13,18H,3,6-9,11H2,1H3,(H,19,23). The number of nitrogens with zero attached hydrogens (tertiary/aromatic N) is 3. The minimum absolute atomic E-state index is 0.147. The van der Waals surface area contributed by atoms with Gasteiger partial charge in [-0.05, 0) is 31.2 Å². The Morgan fingerprint density at radius 3 is 2.92 bits per heavy atom. The fraction of sp³-hybridized carbons (Fsp3) is 0.412. The third-order valence-electron chi connectivity index (χ3n) is 4.24. The van der Waals surface area contributed by atoms with Gasteiger partial charge in [-0.3, -0.25) is 9.48 Å². The lowest BCUT2D eigenvalue weighted by Gasteiger charge is -2.19. The van der Waals surface area contributed by atoms with E-state index in [1.165, 1.54) is 16.4 Å². The number of hydrogen-bond acceptors (Lipinski definition) is 5. The molecule has 1 aliphatic rings. The number of carbonyl (C=O) groups excluding carboxylic acids is 1. The molecule has 8 nitrogen and oxygen atoms in total. The average molecular weight is 377 g/mol. The molecule has 1 amide bonds. The van der Waals surface area contributed by atoms with Gasteiger partial charge in [0.1, 0.15) is 0 Å². The van der Waals surface area contributed by atoms with E-state index < -0.39 is 10.0 Å². The van der Waals surface area contributed by atoms with Gasteiger partial charge in [0, 0.05) is 50.6 Å².